The summed E-state index contributed by atoms with van der Waals surface area (Å²) >= 11 is 0. The molecule has 1 aromatic heterocycles. The molecule has 2 N–H and O–H groups in total. The molecule has 0 fully saturated rings. The Morgan fingerprint density at radius 2 is 1.95 bits per heavy atom. The minimum absolute atomic E-state index is 0.0548. The Bertz CT molecular complexity index is 564. The van der Waals surface area contributed by atoms with Gasteiger partial charge < -0.3 is 10.5 Å². The normalized spacial score (nSPS) is 13.8. The molecule has 0 saturated heterocycles. The third-order valence-electron chi connectivity index (χ3n) is 4.53. The maximum Gasteiger partial charge on any atom is 0.0827 e. The first kappa shape index (κ1) is 15.0. The number of hydrogen-bond donors (Lipinski definition) is 1. The Morgan fingerprint density at radius 1 is 1.30 bits per heavy atom. The first-order valence-electron chi connectivity index (χ1n) is 7.29. The van der Waals surface area contributed by atoms with Crippen molar-refractivity contribution in [3.05, 3.63) is 30.0 Å². The van der Waals surface area contributed by atoms with E-state index in [1.807, 2.05) is 23.9 Å². The summed E-state index contributed by atoms with van der Waals surface area (Å²) in [4.78, 5) is 0. The lowest BCUT2D eigenvalue weighted by Gasteiger charge is -2.36. The molecule has 1 atom stereocenters. The zero-order chi connectivity index (χ0) is 14.8. The second-order valence-electron chi connectivity index (χ2n) is 5.37. The average molecular weight is 275 g/mol. The number of nitrogens with zero attached hydrogens (tertiary/aromatic N) is 2. The van der Waals surface area contributed by atoms with E-state index >= 15 is 0 Å². The predicted molar refractivity (Wildman–Crippen MR) is 82.7 cm³/mol. The molecule has 4 heteroatoms. The van der Waals surface area contributed by atoms with Gasteiger partial charge in [0.15, 0.2) is 0 Å². The van der Waals surface area contributed by atoms with E-state index in [0.717, 1.165) is 30.5 Å². The van der Waals surface area contributed by atoms with E-state index in [4.69, 9.17) is 10.5 Å². The molecule has 110 valence electrons. The van der Waals surface area contributed by atoms with Crippen molar-refractivity contribution in [1.82, 2.24) is 9.78 Å². The third kappa shape index (κ3) is 2.45. The van der Waals surface area contributed by atoms with E-state index in [-0.39, 0.29) is 11.6 Å². The fourth-order valence-corrected chi connectivity index (χ4v) is 3.05. The van der Waals surface area contributed by atoms with Gasteiger partial charge in [0, 0.05) is 32.0 Å². The number of benzene rings is 1. The highest BCUT2D eigenvalue weighted by Gasteiger charge is 2.34. The number of ether oxygens (including phenoxy) is 1. The SMILES string of the molecule is CCC(CC)(OC)C(N)Cc1nn(C)c2ccccc12. The number of para-hydroxylation sites is 1. The molecule has 0 bridgehead atoms. The van der Waals surface area contributed by atoms with Crippen LogP contribution >= 0.6 is 0 Å². The van der Waals surface area contributed by atoms with Crippen molar-refractivity contribution in [2.45, 2.75) is 44.8 Å². The Kier molecular flexibility index (Phi) is 4.45. The molecule has 0 saturated carbocycles. The summed E-state index contributed by atoms with van der Waals surface area (Å²) in [7, 11) is 3.73. The van der Waals surface area contributed by atoms with Gasteiger partial charge in [-0.2, -0.15) is 5.10 Å². The molecule has 20 heavy (non-hydrogen) atoms. The number of methoxy groups -OCH3 is 1. The first-order valence-corrected chi connectivity index (χ1v) is 7.29. The highest BCUT2D eigenvalue weighted by molar-refractivity contribution is 5.81. The van der Waals surface area contributed by atoms with Crippen LogP contribution in [-0.4, -0.2) is 28.5 Å². The van der Waals surface area contributed by atoms with Gasteiger partial charge in [-0.25, -0.2) is 0 Å². The molecule has 1 aromatic carbocycles. The molecule has 0 aliphatic heterocycles. The fraction of sp³-hybridized carbons (Fsp3) is 0.562. The van der Waals surface area contributed by atoms with Crippen molar-refractivity contribution >= 4 is 10.9 Å². The number of aromatic nitrogens is 2. The largest absolute Gasteiger partial charge is 0.377 e. The van der Waals surface area contributed by atoms with Gasteiger partial charge in [-0.05, 0) is 18.9 Å². The van der Waals surface area contributed by atoms with Crippen LogP contribution in [-0.2, 0) is 18.2 Å². The molecule has 2 aromatic rings. The Balaban J connectivity index is 2.32. The maximum absolute atomic E-state index is 6.44. The van der Waals surface area contributed by atoms with Gasteiger partial charge in [0.05, 0.1) is 16.8 Å². The van der Waals surface area contributed by atoms with Gasteiger partial charge >= 0.3 is 0 Å². The number of nitrogens with two attached hydrogens (primary N) is 1. The molecule has 0 radical (unpaired) electrons. The Morgan fingerprint density at radius 3 is 2.55 bits per heavy atom. The van der Waals surface area contributed by atoms with Crippen LogP contribution in [0.3, 0.4) is 0 Å². The topological polar surface area (TPSA) is 53.1 Å². The second kappa shape index (κ2) is 5.94. The van der Waals surface area contributed by atoms with Crippen molar-refractivity contribution in [2.75, 3.05) is 7.11 Å². The highest BCUT2D eigenvalue weighted by atomic mass is 16.5. The van der Waals surface area contributed by atoms with E-state index in [9.17, 15) is 0 Å². The maximum atomic E-state index is 6.44. The van der Waals surface area contributed by atoms with Crippen LogP contribution < -0.4 is 5.73 Å². The summed E-state index contributed by atoms with van der Waals surface area (Å²) in [5.41, 5.74) is 8.38. The summed E-state index contributed by atoms with van der Waals surface area (Å²) in [5.74, 6) is 0. The lowest BCUT2D eigenvalue weighted by atomic mass is 9.85. The van der Waals surface area contributed by atoms with Crippen LogP contribution in [0.25, 0.3) is 10.9 Å². The minimum Gasteiger partial charge on any atom is -0.377 e. The molecule has 1 heterocycles. The smallest absolute Gasteiger partial charge is 0.0827 e. The molecule has 0 spiro atoms. The molecule has 0 amide bonds. The molecule has 0 aliphatic rings. The third-order valence-corrected chi connectivity index (χ3v) is 4.53. The van der Waals surface area contributed by atoms with Crippen LogP contribution in [0.4, 0.5) is 0 Å². The van der Waals surface area contributed by atoms with Gasteiger partial charge in [-0.1, -0.05) is 32.0 Å². The summed E-state index contributed by atoms with van der Waals surface area (Å²) < 4.78 is 7.65. The molecular formula is C16H25N3O. The molecule has 4 nitrogen and oxygen atoms in total. The van der Waals surface area contributed by atoms with Crippen molar-refractivity contribution < 1.29 is 4.74 Å². The van der Waals surface area contributed by atoms with E-state index in [0.29, 0.717) is 0 Å². The highest BCUT2D eigenvalue weighted by Crippen LogP contribution is 2.27. The van der Waals surface area contributed by atoms with Gasteiger partial charge in [-0.3, -0.25) is 4.68 Å². The molecule has 2 rings (SSSR count). The number of fused-ring (bicyclic) bond motifs is 1. The summed E-state index contributed by atoms with van der Waals surface area (Å²) in [6, 6.07) is 8.21. The fourth-order valence-electron chi connectivity index (χ4n) is 3.05. The number of hydrogen-bond acceptors (Lipinski definition) is 3. The van der Waals surface area contributed by atoms with E-state index in [1.165, 1.54) is 5.39 Å². The number of rotatable bonds is 6. The lowest BCUT2D eigenvalue weighted by molar-refractivity contribution is -0.0375. The lowest BCUT2D eigenvalue weighted by Crippen LogP contribution is -2.50. The van der Waals surface area contributed by atoms with E-state index in [1.54, 1.807) is 7.11 Å². The molecule has 0 aliphatic carbocycles. The van der Waals surface area contributed by atoms with E-state index < -0.39 is 0 Å². The summed E-state index contributed by atoms with van der Waals surface area (Å²) in [6.07, 6.45) is 2.55. The Hall–Kier alpha value is -1.39. The van der Waals surface area contributed by atoms with Crippen molar-refractivity contribution in [3.8, 4) is 0 Å². The minimum atomic E-state index is -0.265. The van der Waals surface area contributed by atoms with Crippen LogP contribution in [0.2, 0.25) is 0 Å². The van der Waals surface area contributed by atoms with Crippen molar-refractivity contribution in [1.29, 1.82) is 0 Å². The summed E-state index contributed by atoms with van der Waals surface area (Å²) in [6.45, 7) is 4.26. The summed E-state index contributed by atoms with van der Waals surface area (Å²) in [5, 5.41) is 5.81. The number of aryl methyl sites for hydroxylation is 1. The standard InChI is InChI=1S/C16H25N3O/c1-5-16(6-2,20-4)15(17)11-13-12-9-7-8-10-14(12)19(3)18-13/h7-10,15H,5-6,11,17H2,1-4H3. The van der Waals surface area contributed by atoms with Gasteiger partial charge in [-0.15, -0.1) is 0 Å². The van der Waals surface area contributed by atoms with Crippen LogP contribution in [0.5, 0.6) is 0 Å². The van der Waals surface area contributed by atoms with Gasteiger partial charge in [0.25, 0.3) is 0 Å². The molecular weight excluding hydrogens is 250 g/mol. The monoisotopic (exact) mass is 275 g/mol. The van der Waals surface area contributed by atoms with Crippen LogP contribution in [0, 0.1) is 0 Å². The second-order valence-corrected chi connectivity index (χ2v) is 5.37. The van der Waals surface area contributed by atoms with Crippen LogP contribution in [0.1, 0.15) is 32.4 Å². The zero-order valence-corrected chi connectivity index (χ0v) is 12.9. The van der Waals surface area contributed by atoms with Crippen LogP contribution in [0.15, 0.2) is 24.3 Å². The van der Waals surface area contributed by atoms with Crippen molar-refractivity contribution in [3.63, 3.8) is 0 Å². The quantitative estimate of drug-likeness (QED) is 0.881. The van der Waals surface area contributed by atoms with Gasteiger partial charge in [0.1, 0.15) is 0 Å². The average Bonchev–Trinajstić information content (AvgIpc) is 2.79. The molecule has 1 unspecified atom stereocenters. The predicted octanol–water partition coefficient (Wildman–Crippen LogP) is 2.65. The van der Waals surface area contributed by atoms with E-state index in [2.05, 4.69) is 31.1 Å². The zero-order valence-electron chi connectivity index (χ0n) is 12.9. The Labute approximate surface area is 120 Å². The van der Waals surface area contributed by atoms with Gasteiger partial charge in [0.2, 0.25) is 0 Å². The van der Waals surface area contributed by atoms with Crippen molar-refractivity contribution in [2.24, 2.45) is 12.8 Å². The first-order chi connectivity index (χ1) is 9.57.